The van der Waals surface area contributed by atoms with Gasteiger partial charge in [-0.15, -0.1) is 6.42 Å². The van der Waals surface area contributed by atoms with Crippen molar-refractivity contribution in [2.45, 2.75) is 57.0 Å². The van der Waals surface area contributed by atoms with E-state index in [9.17, 15) is 4.79 Å². The van der Waals surface area contributed by atoms with Crippen LogP contribution in [0.2, 0.25) is 0 Å². The SMILES string of the molecule is C#CCN1CCCCC1C(=O)N1CCCC(N2CCCC2)C1. The fourth-order valence-corrected chi connectivity index (χ4v) is 4.35. The molecule has 2 unspecified atom stereocenters. The van der Waals surface area contributed by atoms with Gasteiger partial charge in [0.25, 0.3) is 0 Å². The Morgan fingerprint density at radius 1 is 1.00 bits per heavy atom. The van der Waals surface area contributed by atoms with Crippen molar-refractivity contribution in [3.8, 4) is 12.3 Å². The summed E-state index contributed by atoms with van der Waals surface area (Å²) in [4.78, 5) is 19.9. The third-order valence-corrected chi connectivity index (χ3v) is 5.56. The molecule has 3 rings (SSSR count). The Morgan fingerprint density at radius 3 is 2.55 bits per heavy atom. The standard InChI is InChI=1S/C18H29N3O/c1-2-10-20-13-4-3-9-17(20)18(22)21-14-7-8-16(15-21)19-11-5-6-12-19/h1,16-17H,3-15H2. The van der Waals surface area contributed by atoms with Gasteiger partial charge in [0.2, 0.25) is 5.91 Å². The molecule has 1 amide bonds. The first-order valence-corrected chi connectivity index (χ1v) is 9.00. The monoisotopic (exact) mass is 303 g/mol. The van der Waals surface area contributed by atoms with Crippen molar-refractivity contribution in [3.63, 3.8) is 0 Å². The molecule has 0 aromatic carbocycles. The minimum atomic E-state index is 0.0297. The zero-order chi connectivity index (χ0) is 15.4. The van der Waals surface area contributed by atoms with Crippen LogP contribution < -0.4 is 0 Å². The van der Waals surface area contributed by atoms with Crippen molar-refractivity contribution in [1.29, 1.82) is 0 Å². The van der Waals surface area contributed by atoms with E-state index in [2.05, 4.69) is 20.6 Å². The molecule has 0 aromatic heterocycles. The lowest BCUT2D eigenvalue weighted by atomic mass is 9.98. The number of rotatable bonds is 3. The number of amides is 1. The first-order valence-electron chi connectivity index (χ1n) is 9.00. The zero-order valence-electron chi connectivity index (χ0n) is 13.7. The predicted molar refractivity (Wildman–Crippen MR) is 88.5 cm³/mol. The highest BCUT2D eigenvalue weighted by molar-refractivity contribution is 5.82. The number of hydrogen-bond donors (Lipinski definition) is 0. The Hall–Kier alpha value is -1.05. The number of likely N-dealkylation sites (tertiary alicyclic amines) is 3. The Morgan fingerprint density at radius 2 is 1.77 bits per heavy atom. The van der Waals surface area contributed by atoms with Gasteiger partial charge in [0.05, 0.1) is 12.6 Å². The van der Waals surface area contributed by atoms with E-state index in [-0.39, 0.29) is 6.04 Å². The number of hydrogen-bond acceptors (Lipinski definition) is 3. The van der Waals surface area contributed by atoms with Crippen LogP contribution in [0.5, 0.6) is 0 Å². The number of piperidine rings is 2. The van der Waals surface area contributed by atoms with E-state index in [1.54, 1.807) is 0 Å². The molecule has 4 nitrogen and oxygen atoms in total. The summed E-state index contributed by atoms with van der Waals surface area (Å²) in [7, 11) is 0. The van der Waals surface area contributed by atoms with E-state index in [0.717, 1.165) is 38.9 Å². The van der Waals surface area contributed by atoms with E-state index in [4.69, 9.17) is 6.42 Å². The molecular formula is C18H29N3O. The molecule has 22 heavy (non-hydrogen) atoms. The summed E-state index contributed by atoms with van der Waals surface area (Å²) in [6.45, 7) is 5.89. The lowest BCUT2D eigenvalue weighted by molar-refractivity contribution is -0.140. The molecule has 0 radical (unpaired) electrons. The second-order valence-corrected chi connectivity index (χ2v) is 7.01. The molecule has 3 heterocycles. The van der Waals surface area contributed by atoms with Crippen molar-refractivity contribution in [1.82, 2.24) is 14.7 Å². The Labute approximate surface area is 134 Å². The van der Waals surface area contributed by atoms with Crippen LogP contribution in [0.15, 0.2) is 0 Å². The van der Waals surface area contributed by atoms with Gasteiger partial charge in [-0.1, -0.05) is 12.3 Å². The Balaban J connectivity index is 1.61. The highest BCUT2D eigenvalue weighted by atomic mass is 16.2. The smallest absolute Gasteiger partial charge is 0.240 e. The maximum Gasteiger partial charge on any atom is 0.240 e. The third kappa shape index (κ3) is 3.47. The lowest BCUT2D eigenvalue weighted by Crippen LogP contribution is -2.55. The van der Waals surface area contributed by atoms with Crippen molar-refractivity contribution in [2.24, 2.45) is 0 Å². The van der Waals surface area contributed by atoms with Gasteiger partial charge in [-0.3, -0.25) is 14.6 Å². The normalized spacial score (nSPS) is 31.1. The van der Waals surface area contributed by atoms with Crippen LogP contribution in [0.4, 0.5) is 0 Å². The molecule has 0 aliphatic carbocycles. The summed E-state index contributed by atoms with van der Waals surface area (Å²) >= 11 is 0. The van der Waals surface area contributed by atoms with Gasteiger partial charge in [0, 0.05) is 19.1 Å². The van der Waals surface area contributed by atoms with Crippen LogP contribution >= 0.6 is 0 Å². The van der Waals surface area contributed by atoms with Gasteiger partial charge in [-0.25, -0.2) is 0 Å². The zero-order valence-corrected chi connectivity index (χ0v) is 13.7. The maximum atomic E-state index is 13.0. The molecule has 0 N–H and O–H groups in total. The van der Waals surface area contributed by atoms with Crippen LogP contribution in [-0.2, 0) is 4.79 Å². The molecule has 3 fully saturated rings. The number of carbonyl (C=O) groups excluding carboxylic acids is 1. The summed E-state index contributed by atoms with van der Waals surface area (Å²) in [5, 5.41) is 0. The van der Waals surface area contributed by atoms with Crippen LogP contribution in [-0.4, -0.2) is 72.0 Å². The van der Waals surface area contributed by atoms with E-state index in [0.29, 0.717) is 18.5 Å². The summed E-state index contributed by atoms with van der Waals surface area (Å²) in [5.74, 6) is 3.06. The average Bonchev–Trinajstić information content (AvgIpc) is 3.10. The molecule has 3 saturated heterocycles. The van der Waals surface area contributed by atoms with Crippen molar-refractivity contribution in [2.75, 3.05) is 39.3 Å². The molecule has 3 aliphatic heterocycles. The number of terminal acetylenes is 1. The van der Waals surface area contributed by atoms with Crippen molar-refractivity contribution < 1.29 is 4.79 Å². The quantitative estimate of drug-likeness (QED) is 0.740. The molecule has 0 aromatic rings. The fourth-order valence-electron chi connectivity index (χ4n) is 4.35. The summed E-state index contributed by atoms with van der Waals surface area (Å²) in [5.41, 5.74) is 0. The van der Waals surface area contributed by atoms with Crippen molar-refractivity contribution >= 4 is 5.91 Å². The maximum absolute atomic E-state index is 13.0. The molecule has 122 valence electrons. The Bertz CT molecular complexity index is 425. The van der Waals surface area contributed by atoms with Crippen LogP contribution in [0, 0.1) is 12.3 Å². The number of carbonyl (C=O) groups is 1. The second kappa shape index (κ2) is 7.48. The van der Waals surface area contributed by atoms with E-state index < -0.39 is 0 Å². The van der Waals surface area contributed by atoms with E-state index >= 15 is 0 Å². The van der Waals surface area contributed by atoms with Gasteiger partial charge >= 0.3 is 0 Å². The minimum Gasteiger partial charge on any atom is -0.340 e. The lowest BCUT2D eigenvalue weighted by Gasteiger charge is -2.41. The molecule has 3 aliphatic rings. The first-order chi connectivity index (χ1) is 10.8. The van der Waals surface area contributed by atoms with Crippen LogP contribution in [0.3, 0.4) is 0 Å². The van der Waals surface area contributed by atoms with Crippen molar-refractivity contribution in [3.05, 3.63) is 0 Å². The fraction of sp³-hybridized carbons (Fsp3) is 0.833. The molecule has 0 saturated carbocycles. The van der Waals surface area contributed by atoms with Gasteiger partial charge in [0.15, 0.2) is 0 Å². The second-order valence-electron chi connectivity index (χ2n) is 7.01. The van der Waals surface area contributed by atoms with Gasteiger partial charge in [0.1, 0.15) is 0 Å². The average molecular weight is 303 g/mol. The molecule has 0 spiro atoms. The molecule has 2 atom stereocenters. The third-order valence-electron chi connectivity index (χ3n) is 5.56. The minimum absolute atomic E-state index is 0.0297. The van der Waals surface area contributed by atoms with Gasteiger partial charge in [-0.2, -0.15) is 0 Å². The number of nitrogens with zero attached hydrogens (tertiary/aromatic N) is 3. The summed E-state index contributed by atoms with van der Waals surface area (Å²) in [6, 6.07) is 0.618. The molecular weight excluding hydrogens is 274 g/mol. The van der Waals surface area contributed by atoms with E-state index in [1.807, 2.05) is 0 Å². The van der Waals surface area contributed by atoms with Crippen LogP contribution in [0.1, 0.15) is 44.9 Å². The predicted octanol–water partition coefficient (Wildman–Crippen LogP) is 1.56. The topological polar surface area (TPSA) is 26.8 Å². The van der Waals surface area contributed by atoms with E-state index in [1.165, 1.54) is 38.8 Å². The summed E-state index contributed by atoms with van der Waals surface area (Å²) < 4.78 is 0. The highest BCUT2D eigenvalue weighted by Gasteiger charge is 2.35. The highest BCUT2D eigenvalue weighted by Crippen LogP contribution is 2.24. The Kier molecular flexibility index (Phi) is 5.38. The van der Waals surface area contributed by atoms with Gasteiger partial charge in [-0.05, 0) is 58.2 Å². The van der Waals surface area contributed by atoms with Gasteiger partial charge < -0.3 is 4.90 Å². The largest absolute Gasteiger partial charge is 0.340 e. The van der Waals surface area contributed by atoms with Crippen LogP contribution in [0.25, 0.3) is 0 Å². The first kappa shape index (κ1) is 15.8. The molecule has 0 bridgehead atoms. The molecule has 4 heteroatoms. The summed E-state index contributed by atoms with van der Waals surface area (Å²) in [6.07, 6.45) is 13.8.